The van der Waals surface area contributed by atoms with E-state index >= 15 is 0 Å². The van der Waals surface area contributed by atoms with E-state index in [9.17, 15) is 48.6 Å². The first kappa shape index (κ1) is 44.1. The molecule has 3 amide bonds. The average molecular weight is 840 g/mol. The fourth-order valence-electron chi connectivity index (χ4n) is 8.83. The van der Waals surface area contributed by atoms with Crippen LogP contribution in [0.15, 0.2) is 60.7 Å². The number of ether oxygens (including phenoxy) is 2. The summed E-state index contributed by atoms with van der Waals surface area (Å²) in [5, 5.41) is 26.1. The fraction of sp³-hybridized carbons (Fsp3) is 0.409. The summed E-state index contributed by atoms with van der Waals surface area (Å²) in [5.41, 5.74) is 4.80. The number of Topliss-reactive ketones (excluding diaryl/α,β-unsaturated/α-hetero) is 4. The van der Waals surface area contributed by atoms with Gasteiger partial charge in [-0.2, -0.15) is 0 Å². The van der Waals surface area contributed by atoms with Crippen molar-refractivity contribution in [3.8, 4) is 16.9 Å². The third-order valence-electron chi connectivity index (χ3n) is 11.8. The highest BCUT2D eigenvalue weighted by molar-refractivity contribution is 6.32. The Bertz CT molecular complexity index is 2280. The topological polar surface area (TPSA) is 243 Å². The molecule has 3 aromatic carbocycles. The lowest BCUT2D eigenvalue weighted by Crippen LogP contribution is -2.74. The Morgan fingerprint density at radius 1 is 0.918 bits per heavy atom. The summed E-state index contributed by atoms with van der Waals surface area (Å²) in [6.07, 6.45) is 0.0654. The number of nitrogens with two attached hydrogens (primary N) is 1. The number of carbonyl (C=O) groups is 8. The molecule has 0 heterocycles. The number of phenols is 1. The van der Waals surface area contributed by atoms with E-state index < -0.39 is 101 Å². The maximum Gasteiger partial charge on any atom is 0.413 e. The standard InChI is InChI=1S/C44H49N5O12/c1-6-7-17-49(43(58)61-22-60-42(57)25-15-13-24(14-16-25)23-11-9-8-10-12-23)21-31(50)46-29-20-30(47(2)3)27-18-26-19-28-35(48(4)5)38(53)34(41(45)56)40(55)44(28,59)39(54)32(26)37(52)33(27)36(29)51/h8-16,20,26,28,32,34-35,51,59H,6-7,17-19,21-22H2,1-5H3,(H2,45,56)(H,46,50)/t26-,28-,32?,34?,35-,44-/m0/s1. The van der Waals surface area contributed by atoms with Crippen LogP contribution < -0.4 is 16.0 Å². The summed E-state index contributed by atoms with van der Waals surface area (Å²) < 4.78 is 10.4. The van der Waals surface area contributed by atoms with Gasteiger partial charge in [-0.1, -0.05) is 55.8 Å². The van der Waals surface area contributed by atoms with Crippen molar-refractivity contribution in [3.63, 3.8) is 0 Å². The number of aromatic hydroxyl groups is 1. The van der Waals surface area contributed by atoms with Crippen molar-refractivity contribution in [2.75, 3.05) is 58.3 Å². The number of phenolic OH excluding ortho intramolecular Hbond substituents is 1. The molecule has 17 nitrogen and oxygen atoms in total. The van der Waals surface area contributed by atoms with Crippen molar-refractivity contribution in [3.05, 3.63) is 77.4 Å². The Morgan fingerprint density at radius 3 is 2.18 bits per heavy atom. The second-order valence-corrected chi connectivity index (χ2v) is 16.1. The first-order valence-electron chi connectivity index (χ1n) is 19.9. The predicted octanol–water partition coefficient (Wildman–Crippen LogP) is 2.59. The van der Waals surface area contributed by atoms with Gasteiger partial charge in [0, 0.05) is 32.2 Å². The summed E-state index contributed by atoms with van der Waals surface area (Å²) >= 11 is 0. The zero-order valence-electron chi connectivity index (χ0n) is 34.5. The minimum atomic E-state index is -2.90. The van der Waals surface area contributed by atoms with Crippen LogP contribution in [-0.4, -0.2) is 127 Å². The summed E-state index contributed by atoms with van der Waals surface area (Å²) in [6.45, 7) is 0.655. The predicted molar refractivity (Wildman–Crippen MR) is 219 cm³/mol. The number of fused-ring (bicyclic) bond motifs is 3. The number of hydrogen-bond acceptors (Lipinski definition) is 14. The molecule has 61 heavy (non-hydrogen) atoms. The number of rotatable bonds is 13. The van der Waals surface area contributed by atoms with Crippen LogP contribution in [0.1, 0.15) is 52.5 Å². The van der Waals surface area contributed by atoms with Crippen LogP contribution in [0.2, 0.25) is 0 Å². The molecule has 6 rings (SSSR count). The minimum absolute atomic E-state index is 0.0152. The van der Waals surface area contributed by atoms with Gasteiger partial charge in [0.1, 0.15) is 12.3 Å². The van der Waals surface area contributed by atoms with E-state index in [1.54, 1.807) is 43.3 Å². The van der Waals surface area contributed by atoms with Crippen LogP contribution in [0, 0.1) is 23.7 Å². The van der Waals surface area contributed by atoms with Gasteiger partial charge in [0.25, 0.3) is 0 Å². The molecule has 3 aliphatic carbocycles. The smallest absolute Gasteiger partial charge is 0.413 e. The molecule has 3 aliphatic rings. The highest BCUT2D eigenvalue weighted by Crippen LogP contribution is 2.52. The number of ketones is 4. The number of likely N-dealkylation sites (N-methyl/N-ethyl adjacent to an activating group) is 1. The third-order valence-corrected chi connectivity index (χ3v) is 11.8. The number of benzene rings is 3. The minimum Gasteiger partial charge on any atom is -0.505 e. The van der Waals surface area contributed by atoms with Gasteiger partial charge in [-0.3, -0.25) is 38.6 Å². The normalized spacial score (nSPS) is 23.0. The molecule has 0 saturated heterocycles. The van der Waals surface area contributed by atoms with Crippen molar-refractivity contribution < 1.29 is 58.0 Å². The van der Waals surface area contributed by atoms with E-state index in [1.807, 2.05) is 37.3 Å². The first-order valence-corrected chi connectivity index (χ1v) is 19.9. The molecule has 3 aromatic rings. The highest BCUT2D eigenvalue weighted by Gasteiger charge is 2.69. The van der Waals surface area contributed by atoms with Gasteiger partial charge in [0.15, 0.2) is 34.7 Å². The average Bonchev–Trinajstić information content (AvgIpc) is 3.21. The quantitative estimate of drug-likeness (QED) is 0.0838. The van der Waals surface area contributed by atoms with Crippen LogP contribution in [0.5, 0.6) is 5.75 Å². The number of amides is 3. The molecule has 2 fully saturated rings. The number of unbranched alkanes of at least 4 members (excludes halogenated alkanes) is 1. The third kappa shape index (κ3) is 8.22. The Morgan fingerprint density at radius 2 is 1.57 bits per heavy atom. The molecule has 0 aromatic heterocycles. The van der Waals surface area contributed by atoms with Crippen LogP contribution in [0.25, 0.3) is 11.1 Å². The van der Waals surface area contributed by atoms with E-state index in [4.69, 9.17) is 15.2 Å². The number of hydrogen-bond donors (Lipinski definition) is 4. The van der Waals surface area contributed by atoms with E-state index in [1.165, 1.54) is 25.1 Å². The van der Waals surface area contributed by atoms with Crippen molar-refractivity contribution in [1.82, 2.24) is 9.80 Å². The summed E-state index contributed by atoms with van der Waals surface area (Å²) in [4.78, 5) is 112. The summed E-state index contributed by atoms with van der Waals surface area (Å²) in [5.74, 6) is -13.7. The number of carbonyl (C=O) groups excluding carboxylic acids is 8. The van der Waals surface area contributed by atoms with Crippen LogP contribution >= 0.6 is 0 Å². The second kappa shape index (κ2) is 17.6. The Kier molecular flexibility index (Phi) is 12.8. The SMILES string of the molecule is CCCCN(CC(=O)Nc1cc(N(C)C)c2c(c1O)C(=O)C1C(=O)[C@]3(O)C(=O)C(C(N)=O)C(=O)[C@@H](N(C)C)[C@@H]3C[C@@H]1C2)C(=O)OCOC(=O)c1ccc(-c2ccccc2)cc1. The molecule has 0 radical (unpaired) electrons. The maximum atomic E-state index is 14.4. The van der Waals surface area contributed by atoms with Crippen LogP contribution in [0.3, 0.4) is 0 Å². The van der Waals surface area contributed by atoms with E-state index in [-0.39, 0.29) is 36.2 Å². The van der Waals surface area contributed by atoms with Crippen molar-refractivity contribution in [2.45, 2.75) is 44.2 Å². The Balaban J connectivity index is 1.18. The second-order valence-electron chi connectivity index (χ2n) is 16.1. The van der Waals surface area contributed by atoms with Crippen molar-refractivity contribution >= 4 is 58.4 Å². The van der Waals surface area contributed by atoms with Gasteiger partial charge >= 0.3 is 12.1 Å². The monoisotopic (exact) mass is 839 g/mol. The molecule has 2 unspecified atom stereocenters. The lowest BCUT2D eigenvalue weighted by Gasteiger charge is -2.52. The molecule has 17 heteroatoms. The van der Waals surface area contributed by atoms with E-state index in [2.05, 4.69) is 5.32 Å². The van der Waals surface area contributed by atoms with Crippen molar-refractivity contribution in [2.24, 2.45) is 29.4 Å². The molecule has 2 saturated carbocycles. The molecule has 0 bridgehead atoms. The van der Waals surface area contributed by atoms with Gasteiger partial charge < -0.3 is 35.6 Å². The van der Waals surface area contributed by atoms with Gasteiger partial charge in [0.2, 0.25) is 18.6 Å². The van der Waals surface area contributed by atoms with Gasteiger partial charge in [0.05, 0.1) is 28.8 Å². The molecule has 5 N–H and O–H groups in total. The van der Waals surface area contributed by atoms with Gasteiger partial charge in [-0.25, -0.2) is 9.59 Å². The molecule has 0 spiro atoms. The van der Waals surface area contributed by atoms with Crippen molar-refractivity contribution in [1.29, 1.82) is 0 Å². The van der Waals surface area contributed by atoms with Gasteiger partial charge in [-0.05, 0) is 74.2 Å². The molecular weight excluding hydrogens is 791 g/mol. The van der Waals surface area contributed by atoms with Gasteiger partial charge in [-0.15, -0.1) is 0 Å². The Hall–Kier alpha value is -6.46. The lowest BCUT2D eigenvalue weighted by atomic mass is 9.52. The summed E-state index contributed by atoms with van der Waals surface area (Å²) in [6, 6.07) is 16.4. The zero-order chi connectivity index (χ0) is 44.5. The number of primary amides is 1. The van der Waals surface area contributed by atoms with Crippen LogP contribution in [0.4, 0.5) is 16.2 Å². The lowest BCUT2D eigenvalue weighted by molar-refractivity contribution is -0.181. The first-order chi connectivity index (χ1) is 28.9. The largest absolute Gasteiger partial charge is 0.505 e. The van der Waals surface area contributed by atoms with Crippen LogP contribution in [-0.2, 0) is 39.9 Å². The number of anilines is 2. The number of esters is 1. The van der Waals surface area contributed by atoms with E-state index in [0.717, 1.165) is 16.0 Å². The molecule has 6 atom stereocenters. The number of nitrogens with one attached hydrogen (secondary N) is 1. The number of nitrogens with zero attached hydrogens (tertiary/aromatic N) is 3. The molecule has 0 aliphatic heterocycles. The number of aliphatic hydroxyl groups is 1. The summed E-state index contributed by atoms with van der Waals surface area (Å²) in [7, 11) is 6.34. The van der Waals surface area contributed by atoms with E-state index in [0.29, 0.717) is 24.1 Å². The maximum absolute atomic E-state index is 14.4. The fourth-order valence-corrected chi connectivity index (χ4v) is 8.83. The zero-order valence-corrected chi connectivity index (χ0v) is 34.5. The molecule has 322 valence electrons. The molecular formula is C44H49N5O12. The Labute approximate surface area is 351 Å². The highest BCUT2D eigenvalue weighted by atomic mass is 16.7.